The molecular formula is C18H20N6O3S2. The quantitative estimate of drug-likeness (QED) is 0.352. The number of thioether (sulfide) groups is 1. The van der Waals surface area contributed by atoms with Crippen LogP contribution in [0.3, 0.4) is 0 Å². The summed E-state index contributed by atoms with van der Waals surface area (Å²) in [6, 6.07) is 15.6. The summed E-state index contributed by atoms with van der Waals surface area (Å²) in [6.45, 7) is 0.415. The van der Waals surface area contributed by atoms with E-state index in [1.807, 2.05) is 30.3 Å². The topological polar surface area (TPSA) is 146 Å². The molecule has 0 saturated heterocycles. The number of sulfonamides is 1. The second kappa shape index (κ2) is 9.07. The minimum atomic E-state index is -3.70. The van der Waals surface area contributed by atoms with Crippen molar-refractivity contribution >= 4 is 27.7 Å². The second-order valence-electron chi connectivity index (χ2n) is 6.12. The van der Waals surface area contributed by atoms with Gasteiger partial charge in [-0.25, -0.2) is 18.2 Å². The first-order valence-electron chi connectivity index (χ1n) is 8.62. The molecule has 11 heteroatoms. The number of primary sulfonamides is 1. The first kappa shape index (κ1) is 20.8. The van der Waals surface area contributed by atoms with E-state index in [1.165, 1.54) is 28.6 Å². The highest BCUT2D eigenvalue weighted by molar-refractivity contribution is 7.99. The molecular weight excluding hydrogens is 412 g/mol. The van der Waals surface area contributed by atoms with Crippen LogP contribution in [0.25, 0.3) is 11.4 Å². The molecule has 0 fully saturated rings. The summed E-state index contributed by atoms with van der Waals surface area (Å²) in [5.74, 6) is 6.53. The summed E-state index contributed by atoms with van der Waals surface area (Å²) in [5, 5.41) is 16.4. The number of hydrogen-bond acceptors (Lipinski definition) is 7. The number of aromatic nitrogens is 3. The Morgan fingerprint density at radius 1 is 1.07 bits per heavy atom. The minimum absolute atomic E-state index is 0.0578. The standard InChI is InChI=1S/C18H20N6O3S2/c19-24-17(14-4-2-1-3-5-14)22-23-18(24)28-12-16(25)21-11-10-13-6-8-15(9-7-13)29(20,26)27/h1-9H,10-12,19H2,(H,21,25)(H2,20,26,27). The molecule has 0 atom stereocenters. The molecule has 0 spiro atoms. The molecule has 3 rings (SSSR count). The van der Waals surface area contributed by atoms with Crippen molar-refractivity contribution in [2.45, 2.75) is 16.5 Å². The number of amides is 1. The molecule has 1 aromatic heterocycles. The average Bonchev–Trinajstić information content (AvgIpc) is 3.07. The van der Waals surface area contributed by atoms with Crippen molar-refractivity contribution in [3.8, 4) is 11.4 Å². The van der Waals surface area contributed by atoms with Gasteiger partial charge in [0.25, 0.3) is 0 Å². The normalized spacial score (nSPS) is 11.3. The van der Waals surface area contributed by atoms with Crippen molar-refractivity contribution in [1.82, 2.24) is 20.2 Å². The van der Waals surface area contributed by atoms with Gasteiger partial charge in [0.2, 0.25) is 21.1 Å². The number of nitrogen functional groups attached to an aromatic ring is 1. The third-order valence-electron chi connectivity index (χ3n) is 4.02. The highest BCUT2D eigenvalue weighted by Gasteiger charge is 2.13. The summed E-state index contributed by atoms with van der Waals surface area (Å²) in [5.41, 5.74) is 1.73. The number of nitrogens with zero attached hydrogens (tertiary/aromatic N) is 3. The average molecular weight is 433 g/mol. The van der Waals surface area contributed by atoms with E-state index in [0.717, 1.165) is 11.1 Å². The molecule has 0 radical (unpaired) electrons. The number of hydrogen-bond donors (Lipinski definition) is 3. The highest BCUT2D eigenvalue weighted by Crippen LogP contribution is 2.21. The molecule has 5 N–H and O–H groups in total. The molecule has 0 saturated carbocycles. The Balaban J connectivity index is 1.47. The lowest BCUT2D eigenvalue weighted by molar-refractivity contribution is -0.118. The summed E-state index contributed by atoms with van der Waals surface area (Å²) >= 11 is 1.19. The fraction of sp³-hybridized carbons (Fsp3) is 0.167. The molecule has 152 valence electrons. The lowest BCUT2D eigenvalue weighted by Gasteiger charge is -2.06. The van der Waals surface area contributed by atoms with Crippen LogP contribution < -0.4 is 16.3 Å². The van der Waals surface area contributed by atoms with Crippen molar-refractivity contribution in [2.75, 3.05) is 18.1 Å². The lowest BCUT2D eigenvalue weighted by atomic mass is 10.1. The van der Waals surface area contributed by atoms with E-state index in [2.05, 4.69) is 15.5 Å². The van der Waals surface area contributed by atoms with Gasteiger partial charge in [0.05, 0.1) is 10.6 Å². The maximum Gasteiger partial charge on any atom is 0.238 e. The van der Waals surface area contributed by atoms with E-state index in [0.29, 0.717) is 23.9 Å². The van der Waals surface area contributed by atoms with Crippen LogP contribution in [0.15, 0.2) is 64.6 Å². The van der Waals surface area contributed by atoms with E-state index in [9.17, 15) is 13.2 Å². The molecule has 0 unspecified atom stereocenters. The second-order valence-corrected chi connectivity index (χ2v) is 8.62. The van der Waals surface area contributed by atoms with Gasteiger partial charge in [-0.05, 0) is 24.1 Å². The van der Waals surface area contributed by atoms with Gasteiger partial charge in [0.1, 0.15) is 0 Å². The number of rotatable bonds is 8. The highest BCUT2D eigenvalue weighted by atomic mass is 32.2. The summed E-state index contributed by atoms with van der Waals surface area (Å²) in [6.07, 6.45) is 0.562. The van der Waals surface area contributed by atoms with E-state index >= 15 is 0 Å². The first-order valence-corrected chi connectivity index (χ1v) is 11.1. The van der Waals surface area contributed by atoms with Crippen molar-refractivity contribution < 1.29 is 13.2 Å². The Hall–Kier alpha value is -2.89. The zero-order valence-electron chi connectivity index (χ0n) is 15.4. The zero-order valence-corrected chi connectivity index (χ0v) is 17.0. The van der Waals surface area contributed by atoms with Crippen LogP contribution in [0, 0.1) is 0 Å². The first-order chi connectivity index (χ1) is 13.8. The fourth-order valence-electron chi connectivity index (χ4n) is 2.53. The van der Waals surface area contributed by atoms with Gasteiger partial charge in [0.15, 0.2) is 5.82 Å². The number of benzene rings is 2. The molecule has 1 heterocycles. The van der Waals surface area contributed by atoms with E-state index in [1.54, 1.807) is 12.1 Å². The zero-order chi connectivity index (χ0) is 20.9. The van der Waals surface area contributed by atoms with Gasteiger partial charge < -0.3 is 11.2 Å². The molecule has 2 aromatic carbocycles. The Morgan fingerprint density at radius 3 is 2.41 bits per heavy atom. The largest absolute Gasteiger partial charge is 0.355 e. The van der Waals surface area contributed by atoms with E-state index < -0.39 is 10.0 Å². The molecule has 1 amide bonds. The monoisotopic (exact) mass is 432 g/mol. The maximum absolute atomic E-state index is 12.1. The molecule has 0 aliphatic carbocycles. The molecule has 0 aliphatic heterocycles. The molecule has 29 heavy (non-hydrogen) atoms. The number of nitrogens with two attached hydrogens (primary N) is 2. The van der Waals surface area contributed by atoms with Crippen molar-refractivity contribution in [2.24, 2.45) is 5.14 Å². The summed E-state index contributed by atoms with van der Waals surface area (Å²) in [7, 11) is -3.70. The molecule has 9 nitrogen and oxygen atoms in total. The van der Waals surface area contributed by atoms with Crippen molar-refractivity contribution in [1.29, 1.82) is 0 Å². The third-order valence-corrected chi connectivity index (χ3v) is 5.89. The Labute approximate surface area is 172 Å². The molecule has 0 bridgehead atoms. The van der Waals surface area contributed by atoms with E-state index in [-0.39, 0.29) is 16.6 Å². The maximum atomic E-state index is 12.1. The van der Waals surface area contributed by atoms with Crippen LogP contribution in [-0.4, -0.2) is 41.5 Å². The van der Waals surface area contributed by atoms with Crippen LogP contribution in [0.4, 0.5) is 0 Å². The van der Waals surface area contributed by atoms with Gasteiger partial charge in [-0.2, -0.15) is 0 Å². The third kappa shape index (κ3) is 5.56. The van der Waals surface area contributed by atoms with Gasteiger partial charge >= 0.3 is 0 Å². The smallest absolute Gasteiger partial charge is 0.238 e. The van der Waals surface area contributed by atoms with Gasteiger partial charge in [-0.1, -0.05) is 54.2 Å². The van der Waals surface area contributed by atoms with Crippen molar-refractivity contribution in [3.05, 3.63) is 60.2 Å². The molecule has 3 aromatic rings. The Bertz CT molecular complexity index is 1080. The Kier molecular flexibility index (Phi) is 6.52. The van der Waals surface area contributed by atoms with Crippen LogP contribution in [-0.2, 0) is 21.2 Å². The predicted molar refractivity (Wildman–Crippen MR) is 111 cm³/mol. The van der Waals surface area contributed by atoms with Crippen LogP contribution in [0.2, 0.25) is 0 Å². The SMILES string of the molecule is Nn1c(SCC(=O)NCCc2ccc(S(N)(=O)=O)cc2)nnc1-c1ccccc1. The van der Waals surface area contributed by atoms with Crippen LogP contribution in [0.1, 0.15) is 5.56 Å². The van der Waals surface area contributed by atoms with Crippen LogP contribution in [0.5, 0.6) is 0 Å². The fourth-order valence-corrected chi connectivity index (χ4v) is 3.73. The lowest BCUT2D eigenvalue weighted by Crippen LogP contribution is -2.27. The van der Waals surface area contributed by atoms with Gasteiger partial charge in [0, 0.05) is 12.1 Å². The van der Waals surface area contributed by atoms with E-state index in [4.69, 9.17) is 11.0 Å². The summed E-state index contributed by atoms with van der Waals surface area (Å²) < 4.78 is 23.8. The van der Waals surface area contributed by atoms with Gasteiger partial charge in [-0.15, -0.1) is 10.2 Å². The molecule has 0 aliphatic rings. The Morgan fingerprint density at radius 2 is 1.76 bits per heavy atom. The van der Waals surface area contributed by atoms with Gasteiger partial charge in [-0.3, -0.25) is 4.79 Å². The van der Waals surface area contributed by atoms with Crippen molar-refractivity contribution in [3.63, 3.8) is 0 Å². The number of nitrogens with one attached hydrogen (secondary N) is 1. The number of carbonyl (C=O) groups excluding carboxylic acids is 1. The minimum Gasteiger partial charge on any atom is -0.355 e. The predicted octanol–water partition coefficient (Wildman–Crippen LogP) is 0.757. The number of carbonyl (C=O) groups is 1. The van der Waals surface area contributed by atoms with Crippen LogP contribution >= 0.6 is 11.8 Å². The summed E-state index contributed by atoms with van der Waals surface area (Å²) in [4.78, 5) is 12.1.